The third-order valence-electron chi connectivity index (χ3n) is 3.34. The third kappa shape index (κ3) is 3.27. The van der Waals surface area contributed by atoms with Crippen molar-refractivity contribution in [2.24, 2.45) is 0 Å². The van der Waals surface area contributed by atoms with Gasteiger partial charge in [0.15, 0.2) is 0 Å². The van der Waals surface area contributed by atoms with Crippen LogP contribution in [0.1, 0.15) is 32.6 Å². The Labute approximate surface area is 112 Å². The zero-order chi connectivity index (χ0) is 13.7. The number of amides is 2. The van der Waals surface area contributed by atoms with Crippen molar-refractivity contribution in [1.29, 1.82) is 0 Å². The highest BCUT2D eigenvalue weighted by atomic mass is 16.2. The molecule has 1 aromatic heterocycles. The number of nitrogens with one attached hydrogen (secondary N) is 1. The predicted molar refractivity (Wildman–Crippen MR) is 70.3 cm³/mol. The summed E-state index contributed by atoms with van der Waals surface area (Å²) in [6, 6.07) is 1.82. The number of anilines is 1. The lowest BCUT2D eigenvalue weighted by molar-refractivity contribution is -0.145. The Kier molecular flexibility index (Phi) is 4.43. The molecule has 1 fully saturated rings. The summed E-state index contributed by atoms with van der Waals surface area (Å²) in [4.78, 5) is 33.4. The van der Waals surface area contributed by atoms with E-state index in [1.807, 2.05) is 6.92 Å². The first-order valence-corrected chi connectivity index (χ1v) is 6.61. The summed E-state index contributed by atoms with van der Waals surface area (Å²) in [7, 11) is 0. The van der Waals surface area contributed by atoms with Crippen LogP contribution in [0.4, 0.5) is 5.95 Å². The van der Waals surface area contributed by atoms with Gasteiger partial charge in [0.1, 0.15) is 0 Å². The summed E-state index contributed by atoms with van der Waals surface area (Å²) < 4.78 is 0. The maximum Gasteiger partial charge on any atom is 0.316 e. The van der Waals surface area contributed by atoms with Crippen molar-refractivity contribution in [1.82, 2.24) is 14.9 Å². The molecule has 0 bridgehead atoms. The van der Waals surface area contributed by atoms with Crippen LogP contribution < -0.4 is 5.32 Å². The molecule has 1 aromatic rings. The summed E-state index contributed by atoms with van der Waals surface area (Å²) in [5.41, 5.74) is 0. The monoisotopic (exact) mass is 262 g/mol. The first-order chi connectivity index (χ1) is 9.22. The minimum atomic E-state index is -0.661. The molecule has 19 heavy (non-hydrogen) atoms. The van der Waals surface area contributed by atoms with Crippen LogP contribution in [0.25, 0.3) is 0 Å². The van der Waals surface area contributed by atoms with Crippen LogP contribution in [-0.2, 0) is 9.59 Å². The molecular formula is C13H18N4O2. The molecular weight excluding hydrogens is 244 g/mol. The fraction of sp³-hybridized carbons (Fsp3) is 0.538. The number of carbonyl (C=O) groups is 2. The molecule has 6 nitrogen and oxygen atoms in total. The van der Waals surface area contributed by atoms with Crippen molar-refractivity contribution in [3.8, 4) is 0 Å². The van der Waals surface area contributed by atoms with Crippen molar-refractivity contribution < 1.29 is 9.59 Å². The van der Waals surface area contributed by atoms with Gasteiger partial charge in [0.05, 0.1) is 0 Å². The van der Waals surface area contributed by atoms with Gasteiger partial charge in [0, 0.05) is 25.0 Å². The standard InChI is InChI=1S/C13H18N4O2/c1-2-10-6-3-4-9-17(10)12(19)11(18)16-13-14-7-5-8-15-13/h5,7-8,10H,2-4,6,9H2,1H3,(H,14,15,16,18). The Hall–Kier alpha value is -1.98. The molecule has 102 valence electrons. The predicted octanol–water partition coefficient (Wildman–Crippen LogP) is 1.21. The van der Waals surface area contributed by atoms with Gasteiger partial charge >= 0.3 is 11.8 Å². The van der Waals surface area contributed by atoms with Crippen LogP contribution in [0.5, 0.6) is 0 Å². The minimum Gasteiger partial charge on any atom is -0.331 e. The van der Waals surface area contributed by atoms with E-state index in [-0.39, 0.29) is 12.0 Å². The lowest BCUT2D eigenvalue weighted by Gasteiger charge is -2.34. The number of hydrogen-bond donors (Lipinski definition) is 1. The summed E-state index contributed by atoms with van der Waals surface area (Å²) in [5, 5.41) is 2.43. The van der Waals surface area contributed by atoms with E-state index in [1.165, 1.54) is 12.4 Å². The molecule has 0 aliphatic carbocycles. The van der Waals surface area contributed by atoms with Gasteiger partial charge in [-0.3, -0.25) is 14.9 Å². The molecule has 1 unspecified atom stereocenters. The molecule has 2 amide bonds. The molecule has 0 spiro atoms. The van der Waals surface area contributed by atoms with E-state index < -0.39 is 11.8 Å². The van der Waals surface area contributed by atoms with E-state index in [4.69, 9.17) is 0 Å². The molecule has 1 aliphatic heterocycles. The van der Waals surface area contributed by atoms with Crippen molar-refractivity contribution in [3.05, 3.63) is 18.5 Å². The molecule has 0 radical (unpaired) electrons. The molecule has 1 aliphatic rings. The first-order valence-electron chi connectivity index (χ1n) is 6.61. The smallest absolute Gasteiger partial charge is 0.316 e. The van der Waals surface area contributed by atoms with Gasteiger partial charge in [-0.1, -0.05) is 6.92 Å². The van der Waals surface area contributed by atoms with Crippen molar-refractivity contribution in [3.63, 3.8) is 0 Å². The molecule has 1 saturated heterocycles. The van der Waals surface area contributed by atoms with Crippen molar-refractivity contribution in [2.75, 3.05) is 11.9 Å². The second-order valence-corrected chi connectivity index (χ2v) is 4.58. The Morgan fingerprint density at radius 1 is 1.37 bits per heavy atom. The maximum absolute atomic E-state index is 12.1. The maximum atomic E-state index is 12.1. The zero-order valence-corrected chi connectivity index (χ0v) is 11.0. The number of aromatic nitrogens is 2. The normalized spacial score (nSPS) is 19.0. The summed E-state index contributed by atoms with van der Waals surface area (Å²) >= 11 is 0. The minimum absolute atomic E-state index is 0.158. The van der Waals surface area contributed by atoms with Crippen LogP contribution in [0.3, 0.4) is 0 Å². The zero-order valence-electron chi connectivity index (χ0n) is 11.0. The fourth-order valence-electron chi connectivity index (χ4n) is 2.34. The number of carbonyl (C=O) groups excluding carboxylic acids is 2. The second kappa shape index (κ2) is 6.26. The number of rotatable bonds is 2. The molecule has 1 atom stereocenters. The van der Waals surface area contributed by atoms with Gasteiger partial charge in [-0.05, 0) is 31.7 Å². The van der Waals surface area contributed by atoms with E-state index in [9.17, 15) is 9.59 Å². The molecule has 2 heterocycles. The molecule has 1 N–H and O–H groups in total. The highest BCUT2D eigenvalue weighted by molar-refractivity contribution is 6.39. The van der Waals surface area contributed by atoms with Crippen LogP contribution >= 0.6 is 0 Å². The second-order valence-electron chi connectivity index (χ2n) is 4.58. The molecule has 0 aromatic carbocycles. The largest absolute Gasteiger partial charge is 0.331 e. The summed E-state index contributed by atoms with van der Waals surface area (Å²) in [6.07, 6.45) is 6.95. The lowest BCUT2D eigenvalue weighted by atomic mass is 10.00. The van der Waals surface area contributed by atoms with Gasteiger partial charge in [-0.25, -0.2) is 9.97 Å². The average Bonchev–Trinajstić information content (AvgIpc) is 2.47. The van der Waals surface area contributed by atoms with Gasteiger partial charge in [0.2, 0.25) is 5.95 Å². The van der Waals surface area contributed by atoms with E-state index in [0.29, 0.717) is 6.54 Å². The Morgan fingerprint density at radius 3 is 2.79 bits per heavy atom. The molecule has 6 heteroatoms. The van der Waals surface area contributed by atoms with Gasteiger partial charge in [-0.15, -0.1) is 0 Å². The third-order valence-corrected chi connectivity index (χ3v) is 3.34. The number of nitrogens with zero attached hydrogens (tertiary/aromatic N) is 3. The number of piperidine rings is 1. The number of hydrogen-bond acceptors (Lipinski definition) is 4. The van der Waals surface area contributed by atoms with E-state index in [2.05, 4.69) is 15.3 Å². The van der Waals surface area contributed by atoms with Crippen LogP contribution in [0.15, 0.2) is 18.5 Å². The van der Waals surface area contributed by atoms with Crippen molar-refractivity contribution in [2.45, 2.75) is 38.6 Å². The quantitative estimate of drug-likeness (QED) is 0.813. The van der Waals surface area contributed by atoms with E-state index in [1.54, 1.807) is 11.0 Å². The first kappa shape index (κ1) is 13.5. The highest BCUT2D eigenvalue weighted by Gasteiger charge is 2.29. The Balaban J connectivity index is 2.00. The topological polar surface area (TPSA) is 75.2 Å². The summed E-state index contributed by atoms with van der Waals surface area (Å²) in [5.74, 6) is -0.989. The van der Waals surface area contributed by atoms with Gasteiger partial charge in [-0.2, -0.15) is 0 Å². The Bertz CT molecular complexity index is 449. The molecule has 2 rings (SSSR count). The van der Waals surface area contributed by atoms with E-state index in [0.717, 1.165) is 25.7 Å². The summed E-state index contributed by atoms with van der Waals surface area (Å²) in [6.45, 7) is 2.69. The highest BCUT2D eigenvalue weighted by Crippen LogP contribution is 2.19. The number of likely N-dealkylation sites (tertiary alicyclic amines) is 1. The molecule has 0 saturated carbocycles. The van der Waals surface area contributed by atoms with Gasteiger partial charge in [0.25, 0.3) is 0 Å². The van der Waals surface area contributed by atoms with Gasteiger partial charge < -0.3 is 4.90 Å². The van der Waals surface area contributed by atoms with Crippen molar-refractivity contribution >= 4 is 17.8 Å². The van der Waals surface area contributed by atoms with Crippen LogP contribution in [-0.4, -0.2) is 39.3 Å². The average molecular weight is 262 g/mol. The lowest BCUT2D eigenvalue weighted by Crippen LogP contribution is -2.48. The Morgan fingerprint density at radius 2 is 2.11 bits per heavy atom. The SMILES string of the molecule is CCC1CCCCN1C(=O)C(=O)Nc1ncccn1. The van der Waals surface area contributed by atoms with E-state index >= 15 is 0 Å². The fourth-order valence-corrected chi connectivity index (χ4v) is 2.34. The van der Waals surface area contributed by atoms with Crippen LogP contribution in [0, 0.1) is 0 Å². The van der Waals surface area contributed by atoms with Crippen LogP contribution in [0.2, 0.25) is 0 Å².